The van der Waals surface area contributed by atoms with Gasteiger partial charge in [0.1, 0.15) is 0 Å². The molecule has 0 spiro atoms. The number of nitrogens with two attached hydrogens (primary N) is 1. The van der Waals surface area contributed by atoms with Gasteiger partial charge in [-0.3, -0.25) is 4.79 Å². The van der Waals surface area contributed by atoms with Gasteiger partial charge in [0.25, 0.3) is 5.91 Å². The summed E-state index contributed by atoms with van der Waals surface area (Å²) < 4.78 is 4.97. The Morgan fingerprint density at radius 1 is 1.32 bits per heavy atom. The van der Waals surface area contributed by atoms with Crippen molar-refractivity contribution in [2.24, 2.45) is 0 Å². The maximum Gasteiger partial charge on any atom is 0.338 e. The highest BCUT2D eigenvalue weighted by atomic mass is 16.5. The van der Waals surface area contributed by atoms with E-state index in [0.717, 1.165) is 0 Å². The molecule has 0 fully saturated rings. The molecule has 0 aromatic heterocycles. The highest BCUT2D eigenvalue weighted by molar-refractivity contribution is 5.94. The maximum absolute atomic E-state index is 11.8. The molecule has 0 bridgehead atoms. The van der Waals surface area contributed by atoms with Crippen molar-refractivity contribution in [2.75, 3.05) is 12.3 Å². The van der Waals surface area contributed by atoms with Crippen LogP contribution in [0.25, 0.3) is 0 Å². The summed E-state index contributed by atoms with van der Waals surface area (Å²) >= 11 is 0. The Bertz CT molecular complexity index is 490. The molecule has 1 aromatic rings. The second-order valence-electron chi connectivity index (χ2n) is 5.39. The normalized spacial score (nSPS) is 10.9. The van der Waals surface area contributed by atoms with E-state index in [2.05, 4.69) is 5.32 Å². The number of nitrogen functional groups attached to an aromatic ring is 1. The molecule has 0 unspecified atom stereocenters. The lowest BCUT2D eigenvalue weighted by Gasteiger charge is -2.20. The van der Waals surface area contributed by atoms with E-state index in [-0.39, 0.29) is 18.1 Å². The number of anilines is 1. The average Bonchev–Trinajstić information content (AvgIpc) is 2.27. The van der Waals surface area contributed by atoms with E-state index in [1.54, 1.807) is 25.1 Å². The van der Waals surface area contributed by atoms with Crippen LogP contribution in [0.1, 0.15) is 36.7 Å². The zero-order valence-electron chi connectivity index (χ0n) is 11.7. The van der Waals surface area contributed by atoms with Crippen molar-refractivity contribution < 1.29 is 14.3 Å². The van der Waals surface area contributed by atoms with E-state index in [9.17, 15) is 9.59 Å². The zero-order valence-corrected chi connectivity index (χ0v) is 11.7. The molecule has 0 saturated carbocycles. The van der Waals surface area contributed by atoms with Gasteiger partial charge in [0.05, 0.1) is 5.56 Å². The SMILES string of the molecule is Cc1c(N)cccc1C(=O)OCC(=O)NC(C)(C)C. The predicted octanol–water partition coefficient (Wildman–Crippen LogP) is 1.65. The quantitative estimate of drug-likeness (QED) is 0.642. The van der Waals surface area contributed by atoms with Crippen LogP contribution in [0, 0.1) is 6.92 Å². The van der Waals surface area contributed by atoms with Gasteiger partial charge in [-0.1, -0.05) is 6.07 Å². The Labute approximate surface area is 113 Å². The van der Waals surface area contributed by atoms with Crippen LogP contribution < -0.4 is 11.1 Å². The average molecular weight is 264 g/mol. The fourth-order valence-corrected chi connectivity index (χ4v) is 1.54. The summed E-state index contributed by atoms with van der Waals surface area (Å²) in [7, 11) is 0. The van der Waals surface area contributed by atoms with Crippen LogP contribution in [0.15, 0.2) is 18.2 Å². The fourth-order valence-electron chi connectivity index (χ4n) is 1.54. The second-order valence-corrected chi connectivity index (χ2v) is 5.39. The molecule has 0 saturated heterocycles. The molecule has 1 aromatic carbocycles. The molecule has 19 heavy (non-hydrogen) atoms. The Morgan fingerprint density at radius 3 is 2.53 bits per heavy atom. The molecule has 104 valence electrons. The first kappa shape index (κ1) is 15.0. The van der Waals surface area contributed by atoms with Gasteiger partial charge in [0.2, 0.25) is 0 Å². The zero-order chi connectivity index (χ0) is 14.6. The second kappa shape index (κ2) is 5.73. The molecule has 0 aliphatic heterocycles. The van der Waals surface area contributed by atoms with Crippen LogP contribution in [-0.2, 0) is 9.53 Å². The smallest absolute Gasteiger partial charge is 0.338 e. The minimum absolute atomic E-state index is 0.301. The lowest BCUT2D eigenvalue weighted by Crippen LogP contribution is -2.42. The third-order valence-electron chi connectivity index (χ3n) is 2.44. The first-order chi connectivity index (χ1) is 8.70. The van der Waals surface area contributed by atoms with Gasteiger partial charge in [-0.2, -0.15) is 0 Å². The number of hydrogen-bond acceptors (Lipinski definition) is 4. The lowest BCUT2D eigenvalue weighted by molar-refractivity contribution is -0.125. The first-order valence-electron chi connectivity index (χ1n) is 6.04. The minimum atomic E-state index is -0.547. The summed E-state index contributed by atoms with van der Waals surface area (Å²) in [6.45, 7) is 7.00. The van der Waals surface area contributed by atoms with E-state index in [4.69, 9.17) is 10.5 Å². The third kappa shape index (κ3) is 4.62. The van der Waals surface area contributed by atoms with Gasteiger partial charge in [-0.25, -0.2) is 4.79 Å². The lowest BCUT2D eigenvalue weighted by atomic mass is 10.1. The number of amides is 1. The van der Waals surface area contributed by atoms with Gasteiger partial charge in [-0.05, 0) is 45.4 Å². The number of nitrogens with one attached hydrogen (secondary N) is 1. The predicted molar refractivity (Wildman–Crippen MR) is 73.8 cm³/mol. The highest BCUT2D eigenvalue weighted by Crippen LogP contribution is 2.16. The van der Waals surface area contributed by atoms with Crippen molar-refractivity contribution in [1.82, 2.24) is 5.32 Å². The molecule has 5 nitrogen and oxygen atoms in total. The van der Waals surface area contributed by atoms with E-state index in [1.807, 2.05) is 20.8 Å². The number of esters is 1. The fraction of sp³-hybridized carbons (Fsp3) is 0.429. The summed E-state index contributed by atoms with van der Waals surface area (Å²) in [4.78, 5) is 23.4. The number of carbonyl (C=O) groups is 2. The summed E-state index contributed by atoms with van der Waals surface area (Å²) in [5, 5.41) is 2.71. The number of ether oxygens (including phenoxy) is 1. The standard InChI is InChI=1S/C14H20N2O3/c1-9-10(6-5-7-11(9)15)13(18)19-8-12(17)16-14(2,3)4/h5-7H,8,15H2,1-4H3,(H,16,17). The number of carbonyl (C=O) groups excluding carboxylic acids is 2. The number of hydrogen-bond donors (Lipinski definition) is 2. The number of rotatable bonds is 3. The van der Waals surface area contributed by atoms with Crippen LogP contribution in [0.2, 0.25) is 0 Å². The molecular weight excluding hydrogens is 244 g/mol. The van der Waals surface area contributed by atoms with Crippen molar-refractivity contribution in [3.63, 3.8) is 0 Å². The number of benzene rings is 1. The van der Waals surface area contributed by atoms with Gasteiger partial charge >= 0.3 is 5.97 Å². The van der Waals surface area contributed by atoms with Crippen LogP contribution in [0.5, 0.6) is 0 Å². The molecule has 0 heterocycles. The Kier molecular flexibility index (Phi) is 4.53. The van der Waals surface area contributed by atoms with Crippen LogP contribution in [0.3, 0.4) is 0 Å². The molecule has 0 radical (unpaired) electrons. The summed E-state index contributed by atoms with van der Waals surface area (Å²) in [5.74, 6) is -0.878. The first-order valence-corrected chi connectivity index (χ1v) is 6.04. The molecule has 1 amide bonds. The summed E-state index contributed by atoms with van der Waals surface area (Å²) in [6.07, 6.45) is 0. The van der Waals surface area contributed by atoms with Gasteiger partial charge in [0.15, 0.2) is 6.61 Å². The molecule has 0 atom stereocenters. The van der Waals surface area contributed by atoms with E-state index in [0.29, 0.717) is 16.8 Å². The van der Waals surface area contributed by atoms with E-state index >= 15 is 0 Å². The van der Waals surface area contributed by atoms with Crippen molar-refractivity contribution in [1.29, 1.82) is 0 Å². The maximum atomic E-state index is 11.8. The van der Waals surface area contributed by atoms with Gasteiger partial charge < -0.3 is 15.8 Å². The monoisotopic (exact) mass is 264 g/mol. The molecule has 1 rings (SSSR count). The largest absolute Gasteiger partial charge is 0.452 e. The topological polar surface area (TPSA) is 81.4 Å². The molecular formula is C14H20N2O3. The van der Waals surface area contributed by atoms with E-state index < -0.39 is 5.97 Å². The van der Waals surface area contributed by atoms with E-state index in [1.165, 1.54) is 0 Å². The molecule has 3 N–H and O–H groups in total. The van der Waals surface area contributed by atoms with Crippen molar-refractivity contribution in [3.05, 3.63) is 29.3 Å². The third-order valence-corrected chi connectivity index (χ3v) is 2.44. The van der Waals surface area contributed by atoms with Gasteiger partial charge in [0, 0.05) is 11.2 Å². The van der Waals surface area contributed by atoms with Crippen molar-refractivity contribution >= 4 is 17.6 Å². The Balaban J connectivity index is 2.61. The highest BCUT2D eigenvalue weighted by Gasteiger charge is 2.17. The molecule has 0 aliphatic rings. The van der Waals surface area contributed by atoms with Crippen LogP contribution in [0.4, 0.5) is 5.69 Å². The molecule has 0 aliphatic carbocycles. The van der Waals surface area contributed by atoms with Gasteiger partial charge in [-0.15, -0.1) is 0 Å². The summed E-state index contributed by atoms with van der Waals surface area (Å²) in [5.41, 5.74) is 6.92. The van der Waals surface area contributed by atoms with Crippen LogP contribution >= 0.6 is 0 Å². The Hall–Kier alpha value is -2.04. The van der Waals surface area contributed by atoms with Crippen LogP contribution in [-0.4, -0.2) is 24.0 Å². The Morgan fingerprint density at radius 2 is 1.95 bits per heavy atom. The van der Waals surface area contributed by atoms with Crippen molar-refractivity contribution in [3.8, 4) is 0 Å². The minimum Gasteiger partial charge on any atom is -0.452 e. The summed E-state index contributed by atoms with van der Waals surface area (Å²) in [6, 6.07) is 5.00. The van der Waals surface area contributed by atoms with Crippen molar-refractivity contribution in [2.45, 2.75) is 33.2 Å². The molecule has 5 heteroatoms.